The topological polar surface area (TPSA) is 84.0 Å². The minimum Gasteiger partial charge on any atom is -0.353 e. The number of thioether (sulfide) groups is 2. The van der Waals surface area contributed by atoms with Crippen molar-refractivity contribution in [3.63, 3.8) is 0 Å². The van der Waals surface area contributed by atoms with E-state index in [1.165, 1.54) is 34.9 Å². The maximum atomic E-state index is 11.9. The maximum Gasteiger partial charge on any atom is 0.230 e. The highest BCUT2D eigenvalue weighted by Gasteiger charge is 2.14. The molecule has 0 fully saturated rings. The predicted molar refractivity (Wildman–Crippen MR) is 106 cm³/mol. The first-order valence-electron chi connectivity index (χ1n) is 8.36. The van der Waals surface area contributed by atoms with Crippen LogP contribution >= 0.6 is 34.9 Å². The molecule has 0 aliphatic carbocycles. The standard InChI is InChI=1S/C16H28N4O2S3/c1-9(2)11(5)17-13(21)7-23-15-19-20-16(25-15)24-8-14(22)18-12(6)10(3)4/h9-12H,7-8H2,1-6H3,(H,17,21)(H,18,22). The van der Waals surface area contributed by atoms with Gasteiger partial charge in [-0.25, -0.2) is 0 Å². The van der Waals surface area contributed by atoms with Crippen LogP contribution in [0.15, 0.2) is 8.68 Å². The van der Waals surface area contributed by atoms with Gasteiger partial charge in [0.25, 0.3) is 0 Å². The fraction of sp³-hybridized carbons (Fsp3) is 0.750. The second-order valence-electron chi connectivity index (χ2n) is 6.61. The molecule has 2 unspecified atom stereocenters. The Labute approximate surface area is 162 Å². The van der Waals surface area contributed by atoms with E-state index in [2.05, 4.69) is 48.5 Å². The van der Waals surface area contributed by atoms with Gasteiger partial charge in [-0.1, -0.05) is 62.6 Å². The Morgan fingerprint density at radius 3 is 1.52 bits per heavy atom. The van der Waals surface area contributed by atoms with Gasteiger partial charge in [0, 0.05) is 12.1 Å². The van der Waals surface area contributed by atoms with Crippen molar-refractivity contribution in [1.29, 1.82) is 0 Å². The van der Waals surface area contributed by atoms with Gasteiger partial charge in [-0.05, 0) is 25.7 Å². The molecule has 25 heavy (non-hydrogen) atoms. The van der Waals surface area contributed by atoms with Crippen LogP contribution in [-0.4, -0.2) is 45.6 Å². The molecule has 0 aliphatic rings. The number of nitrogens with one attached hydrogen (secondary N) is 2. The lowest BCUT2D eigenvalue weighted by atomic mass is 10.1. The van der Waals surface area contributed by atoms with E-state index in [0.717, 1.165) is 8.68 Å². The Morgan fingerprint density at radius 1 is 0.840 bits per heavy atom. The summed E-state index contributed by atoms with van der Waals surface area (Å²) in [6.45, 7) is 12.3. The van der Waals surface area contributed by atoms with Crippen LogP contribution in [0.1, 0.15) is 41.5 Å². The summed E-state index contributed by atoms with van der Waals surface area (Å²) in [4.78, 5) is 23.8. The first kappa shape index (κ1) is 22.2. The molecular weight excluding hydrogens is 376 g/mol. The summed E-state index contributed by atoms with van der Waals surface area (Å²) in [6.07, 6.45) is 0. The number of nitrogens with zero attached hydrogens (tertiary/aromatic N) is 2. The molecule has 0 spiro atoms. The molecule has 0 aromatic carbocycles. The molecule has 6 nitrogen and oxygen atoms in total. The van der Waals surface area contributed by atoms with Crippen molar-refractivity contribution in [2.45, 2.75) is 62.3 Å². The van der Waals surface area contributed by atoms with Crippen LogP contribution in [0, 0.1) is 11.8 Å². The Morgan fingerprint density at radius 2 is 1.20 bits per heavy atom. The summed E-state index contributed by atoms with van der Waals surface area (Å²) in [5.74, 6) is 1.45. The van der Waals surface area contributed by atoms with Crippen LogP contribution in [0.2, 0.25) is 0 Å². The third-order valence-electron chi connectivity index (χ3n) is 3.82. The molecule has 0 radical (unpaired) electrons. The summed E-state index contributed by atoms with van der Waals surface area (Å²) >= 11 is 4.15. The molecule has 9 heteroatoms. The van der Waals surface area contributed by atoms with Crippen molar-refractivity contribution in [2.24, 2.45) is 11.8 Å². The third kappa shape index (κ3) is 8.91. The molecule has 1 aromatic heterocycles. The third-order valence-corrected chi connectivity index (χ3v) is 7.01. The van der Waals surface area contributed by atoms with E-state index in [1.54, 1.807) is 0 Å². The summed E-state index contributed by atoms with van der Waals surface area (Å²) in [7, 11) is 0. The minimum absolute atomic E-state index is 0.00217. The largest absolute Gasteiger partial charge is 0.353 e. The van der Waals surface area contributed by atoms with Crippen LogP contribution in [0.3, 0.4) is 0 Å². The summed E-state index contributed by atoms with van der Waals surface area (Å²) in [5.41, 5.74) is 0. The van der Waals surface area contributed by atoms with Gasteiger partial charge in [0.05, 0.1) is 11.5 Å². The lowest BCUT2D eigenvalue weighted by molar-refractivity contribution is -0.120. The van der Waals surface area contributed by atoms with E-state index in [-0.39, 0.29) is 23.9 Å². The SMILES string of the molecule is CC(C)C(C)NC(=O)CSc1nnc(SCC(=O)NC(C)C(C)C)s1. The second kappa shape index (κ2) is 11.0. The Kier molecular flexibility index (Phi) is 9.81. The summed E-state index contributed by atoms with van der Waals surface area (Å²) < 4.78 is 1.48. The number of rotatable bonds is 10. The molecule has 0 saturated carbocycles. The Bertz CT molecular complexity index is 517. The van der Waals surface area contributed by atoms with Crippen LogP contribution in [0.25, 0.3) is 0 Å². The van der Waals surface area contributed by atoms with Crippen molar-refractivity contribution in [1.82, 2.24) is 20.8 Å². The van der Waals surface area contributed by atoms with Gasteiger partial charge in [0.15, 0.2) is 8.68 Å². The molecule has 1 aromatic rings. The molecule has 2 atom stereocenters. The Balaban J connectivity index is 2.34. The number of hydrogen-bond acceptors (Lipinski definition) is 7. The first-order valence-corrected chi connectivity index (χ1v) is 11.2. The van der Waals surface area contributed by atoms with Gasteiger partial charge in [0.2, 0.25) is 11.8 Å². The van der Waals surface area contributed by atoms with Gasteiger partial charge in [-0.15, -0.1) is 10.2 Å². The number of aromatic nitrogens is 2. The number of carbonyl (C=O) groups is 2. The van der Waals surface area contributed by atoms with Crippen molar-refractivity contribution >= 4 is 46.7 Å². The highest BCUT2D eigenvalue weighted by molar-refractivity contribution is 8.03. The quantitative estimate of drug-likeness (QED) is 0.583. The molecule has 0 aliphatic heterocycles. The Hall–Kier alpha value is -0.800. The normalized spacial score (nSPS) is 13.8. The molecule has 2 amide bonds. The lowest BCUT2D eigenvalue weighted by Gasteiger charge is -2.16. The smallest absolute Gasteiger partial charge is 0.230 e. The van der Waals surface area contributed by atoms with Crippen molar-refractivity contribution in [3.05, 3.63) is 0 Å². The molecular formula is C16H28N4O2S3. The average Bonchev–Trinajstić information content (AvgIpc) is 2.98. The molecule has 0 bridgehead atoms. The van der Waals surface area contributed by atoms with Crippen LogP contribution in [-0.2, 0) is 9.59 Å². The minimum atomic E-state index is -0.00217. The second-order valence-corrected chi connectivity index (χ2v) is 10.0. The van der Waals surface area contributed by atoms with E-state index in [4.69, 9.17) is 0 Å². The van der Waals surface area contributed by atoms with Crippen molar-refractivity contribution in [3.8, 4) is 0 Å². The van der Waals surface area contributed by atoms with Gasteiger partial charge >= 0.3 is 0 Å². The van der Waals surface area contributed by atoms with E-state index >= 15 is 0 Å². The highest BCUT2D eigenvalue weighted by atomic mass is 32.2. The molecule has 2 N–H and O–H groups in total. The lowest BCUT2D eigenvalue weighted by Crippen LogP contribution is -2.37. The summed E-state index contributed by atoms with van der Waals surface area (Å²) in [5, 5.41) is 14.1. The molecule has 1 heterocycles. The monoisotopic (exact) mass is 404 g/mol. The number of amides is 2. The van der Waals surface area contributed by atoms with E-state index in [0.29, 0.717) is 23.3 Å². The first-order chi connectivity index (χ1) is 11.7. The molecule has 0 saturated heterocycles. The fourth-order valence-electron chi connectivity index (χ4n) is 1.49. The van der Waals surface area contributed by atoms with E-state index in [1.807, 2.05) is 13.8 Å². The maximum absolute atomic E-state index is 11.9. The van der Waals surface area contributed by atoms with Gasteiger partial charge in [-0.2, -0.15) is 0 Å². The van der Waals surface area contributed by atoms with E-state index in [9.17, 15) is 9.59 Å². The summed E-state index contributed by atoms with van der Waals surface area (Å²) in [6, 6.07) is 0.306. The fourth-order valence-corrected chi connectivity index (χ4v) is 4.14. The van der Waals surface area contributed by atoms with E-state index < -0.39 is 0 Å². The van der Waals surface area contributed by atoms with Gasteiger partial charge in [0.1, 0.15) is 0 Å². The zero-order chi connectivity index (χ0) is 19.0. The van der Waals surface area contributed by atoms with Gasteiger partial charge < -0.3 is 10.6 Å². The highest BCUT2D eigenvalue weighted by Crippen LogP contribution is 2.28. The zero-order valence-electron chi connectivity index (χ0n) is 15.7. The molecule has 1 rings (SSSR count). The van der Waals surface area contributed by atoms with Crippen molar-refractivity contribution < 1.29 is 9.59 Å². The van der Waals surface area contributed by atoms with Crippen LogP contribution in [0.4, 0.5) is 0 Å². The predicted octanol–water partition coefficient (Wildman–Crippen LogP) is 3.04. The van der Waals surface area contributed by atoms with Crippen molar-refractivity contribution in [2.75, 3.05) is 11.5 Å². The average molecular weight is 405 g/mol. The molecule has 142 valence electrons. The van der Waals surface area contributed by atoms with Gasteiger partial charge in [-0.3, -0.25) is 9.59 Å². The zero-order valence-corrected chi connectivity index (χ0v) is 18.1. The number of carbonyl (C=O) groups excluding carboxylic acids is 2. The van der Waals surface area contributed by atoms with Crippen LogP contribution < -0.4 is 10.6 Å². The number of hydrogen-bond donors (Lipinski definition) is 2. The van der Waals surface area contributed by atoms with Crippen LogP contribution in [0.5, 0.6) is 0 Å².